The van der Waals surface area contributed by atoms with Gasteiger partial charge in [0.2, 0.25) is 5.82 Å². The van der Waals surface area contributed by atoms with E-state index in [2.05, 4.69) is 20.0 Å². The van der Waals surface area contributed by atoms with Crippen LogP contribution in [0.2, 0.25) is 5.02 Å². The molecule has 3 rings (SSSR count). The predicted octanol–water partition coefficient (Wildman–Crippen LogP) is 6.44. The first-order valence-corrected chi connectivity index (χ1v) is 7.95. The highest BCUT2D eigenvalue weighted by atomic mass is 35.5. The van der Waals surface area contributed by atoms with Crippen molar-refractivity contribution in [2.75, 3.05) is 5.32 Å². The minimum absolute atomic E-state index is 0.126. The van der Waals surface area contributed by atoms with Gasteiger partial charge in [-0.3, -0.25) is 0 Å². The van der Waals surface area contributed by atoms with Crippen molar-refractivity contribution in [3.05, 3.63) is 58.9 Å². The SMILES string of the molecule is FC(F)(F)c1ccc(Nc2cccc(-c3noc(C(F)(F)Cl)n3)c2)cc1Cl. The molecule has 142 valence electrons. The molecule has 1 N–H and O–H groups in total. The Morgan fingerprint density at radius 1 is 0.963 bits per heavy atom. The van der Waals surface area contributed by atoms with Crippen LogP contribution in [-0.4, -0.2) is 10.1 Å². The summed E-state index contributed by atoms with van der Waals surface area (Å²) >= 11 is 10.5. The molecular weight excluding hydrogens is 416 g/mol. The molecule has 11 heteroatoms. The lowest BCUT2D eigenvalue weighted by molar-refractivity contribution is -0.137. The molecular formula is C16H8Cl2F5N3O. The molecule has 0 radical (unpaired) electrons. The van der Waals surface area contributed by atoms with Gasteiger partial charge >= 0.3 is 17.4 Å². The Labute approximate surface area is 158 Å². The third-order valence-electron chi connectivity index (χ3n) is 3.35. The molecule has 0 aliphatic carbocycles. The van der Waals surface area contributed by atoms with Crippen LogP contribution in [0.15, 0.2) is 47.0 Å². The first-order chi connectivity index (χ1) is 12.5. The number of hydrogen-bond donors (Lipinski definition) is 1. The van der Waals surface area contributed by atoms with E-state index in [-0.39, 0.29) is 5.82 Å². The molecule has 0 saturated carbocycles. The molecule has 0 aliphatic rings. The number of hydrogen-bond acceptors (Lipinski definition) is 4. The minimum Gasteiger partial charge on any atom is -0.355 e. The largest absolute Gasteiger partial charge is 0.417 e. The Hall–Kier alpha value is -2.39. The second kappa shape index (κ2) is 6.97. The monoisotopic (exact) mass is 423 g/mol. The summed E-state index contributed by atoms with van der Waals surface area (Å²) in [5.41, 5.74) is 0.109. The molecule has 0 saturated heterocycles. The van der Waals surface area contributed by atoms with Gasteiger partial charge in [-0.25, -0.2) is 0 Å². The van der Waals surface area contributed by atoms with Crippen molar-refractivity contribution >= 4 is 34.6 Å². The zero-order valence-corrected chi connectivity index (χ0v) is 14.5. The lowest BCUT2D eigenvalue weighted by Crippen LogP contribution is -2.06. The average Bonchev–Trinajstić information content (AvgIpc) is 3.04. The smallest absolute Gasteiger partial charge is 0.355 e. The summed E-state index contributed by atoms with van der Waals surface area (Å²) < 4.78 is 68.6. The van der Waals surface area contributed by atoms with E-state index in [4.69, 9.17) is 23.2 Å². The van der Waals surface area contributed by atoms with Crippen molar-refractivity contribution in [1.82, 2.24) is 10.1 Å². The lowest BCUT2D eigenvalue weighted by Gasteiger charge is -2.12. The van der Waals surface area contributed by atoms with Crippen molar-refractivity contribution in [2.45, 2.75) is 11.6 Å². The van der Waals surface area contributed by atoms with Gasteiger partial charge in [0.05, 0.1) is 10.6 Å². The van der Waals surface area contributed by atoms with E-state index in [1.54, 1.807) is 12.1 Å². The highest BCUT2D eigenvalue weighted by Crippen LogP contribution is 2.37. The number of rotatable bonds is 4. The van der Waals surface area contributed by atoms with E-state index in [9.17, 15) is 22.0 Å². The van der Waals surface area contributed by atoms with Gasteiger partial charge in [0, 0.05) is 16.9 Å². The van der Waals surface area contributed by atoms with Gasteiger partial charge in [0.25, 0.3) is 0 Å². The molecule has 0 bridgehead atoms. The lowest BCUT2D eigenvalue weighted by atomic mass is 10.1. The Balaban J connectivity index is 1.84. The van der Waals surface area contributed by atoms with Crippen LogP contribution >= 0.6 is 23.2 Å². The zero-order valence-electron chi connectivity index (χ0n) is 13.0. The van der Waals surface area contributed by atoms with Gasteiger partial charge < -0.3 is 9.84 Å². The molecule has 0 unspecified atom stereocenters. The van der Waals surface area contributed by atoms with E-state index < -0.39 is 28.0 Å². The van der Waals surface area contributed by atoms with E-state index in [1.165, 1.54) is 18.2 Å². The summed E-state index contributed by atoms with van der Waals surface area (Å²) in [6, 6.07) is 9.38. The fraction of sp³-hybridized carbons (Fsp3) is 0.125. The Morgan fingerprint density at radius 2 is 1.67 bits per heavy atom. The zero-order chi connectivity index (χ0) is 19.8. The van der Waals surface area contributed by atoms with Crippen LogP contribution in [0.4, 0.5) is 33.3 Å². The highest BCUT2D eigenvalue weighted by molar-refractivity contribution is 6.31. The Bertz CT molecular complexity index is 969. The van der Waals surface area contributed by atoms with Crippen LogP contribution < -0.4 is 5.32 Å². The van der Waals surface area contributed by atoms with Gasteiger partial charge in [0.15, 0.2) is 0 Å². The number of aromatic nitrogens is 2. The topological polar surface area (TPSA) is 51.0 Å². The van der Waals surface area contributed by atoms with Crippen LogP contribution in [-0.2, 0) is 11.6 Å². The summed E-state index contributed by atoms with van der Waals surface area (Å²) in [5, 5.41) is 2.03. The number of anilines is 2. The maximum absolute atomic E-state index is 13.0. The van der Waals surface area contributed by atoms with Gasteiger partial charge in [-0.15, -0.1) is 0 Å². The second-order valence-corrected chi connectivity index (χ2v) is 6.20. The average molecular weight is 424 g/mol. The predicted molar refractivity (Wildman–Crippen MR) is 89.2 cm³/mol. The van der Waals surface area contributed by atoms with Gasteiger partial charge in [-0.2, -0.15) is 26.9 Å². The number of nitrogens with one attached hydrogen (secondary N) is 1. The Morgan fingerprint density at radius 3 is 2.26 bits per heavy atom. The molecule has 0 fully saturated rings. The molecule has 0 aliphatic heterocycles. The molecule has 0 amide bonds. The van der Waals surface area contributed by atoms with Gasteiger partial charge in [-0.1, -0.05) is 28.9 Å². The summed E-state index contributed by atoms with van der Waals surface area (Å²) in [6.45, 7) is 0. The summed E-state index contributed by atoms with van der Waals surface area (Å²) in [7, 11) is 0. The van der Waals surface area contributed by atoms with Crippen molar-refractivity contribution in [1.29, 1.82) is 0 Å². The molecule has 1 heterocycles. The third kappa shape index (κ3) is 4.48. The van der Waals surface area contributed by atoms with E-state index in [0.29, 0.717) is 16.9 Å². The van der Waals surface area contributed by atoms with E-state index >= 15 is 0 Å². The highest BCUT2D eigenvalue weighted by Gasteiger charge is 2.36. The van der Waals surface area contributed by atoms with Crippen molar-refractivity contribution in [3.8, 4) is 11.4 Å². The van der Waals surface area contributed by atoms with Crippen LogP contribution in [0.1, 0.15) is 11.5 Å². The summed E-state index contributed by atoms with van der Waals surface area (Å²) in [6.07, 6.45) is -4.56. The molecule has 4 nitrogen and oxygen atoms in total. The number of alkyl halides is 6. The molecule has 1 aromatic heterocycles. The van der Waals surface area contributed by atoms with Gasteiger partial charge in [-0.05, 0) is 41.9 Å². The fourth-order valence-electron chi connectivity index (χ4n) is 2.18. The molecule has 0 atom stereocenters. The molecule has 27 heavy (non-hydrogen) atoms. The summed E-state index contributed by atoms with van der Waals surface area (Å²) in [5.74, 6) is -1.17. The second-order valence-electron chi connectivity index (χ2n) is 5.32. The van der Waals surface area contributed by atoms with E-state index in [0.717, 1.165) is 12.1 Å². The number of nitrogens with zero attached hydrogens (tertiary/aromatic N) is 2. The fourth-order valence-corrected chi connectivity index (χ4v) is 2.55. The van der Waals surface area contributed by atoms with Crippen LogP contribution in [0, 0.1) is 0 Å². The van der Waals surface area contributed by atoms with E-state index in [1.807, 2.05) is 0 Å². The van der Waals surface area contributed by atoms with Crippen LogP contribution in [0.3, 0.4) is 0 Å². The van der Waals surface area contributed by atoms with Crippen molar-refractivity contribution in [3.63, 3.8) is 0 Å². The minimum atomic E-state index is -4.56. The normalized spacial score (nSPS) is 12.3. The van der Waals surface area contributed by atoms with Gasteiger partial charge in [0.1, 0.15) is 0 Å². The van der Waals surface area contributed by atoms with Crippen LogP contribution in [0.5, 0.6) is 0 Å². The maximum atomic E-state index is 13.0. The molecule has 0 spiro atoms. The third-order valence-corrected chi connectivity index (χ3v) is 3.83. The Kier molecular flexibility index (Phi) is 5.00. The first kappa shape index (κ1) is 19.4. The number of halogens is 7. The van der Waals surface area contributed by atoms with Crippen molar-refractivity contribution < 1.29 is 26.5 Å². The first-order valence-electron chi connectivity index (χ1n) is 7.19. The number of benzene rings is 2. The standard InChI is InChI=1S/C16H8Cl2F5N3O/c17-12-7-10(4-5-11(12)16(21,22)23)24-9-3-1-2-8(6-9)13-25-14(27-26-13)15(18,19)20/h1-7,24H. The van der Waals surface area contributed by atoms with Crippen LogP contribution in [0.25, 0.3) is 11.4 Å². The quantitative estimate of drug-likeness (QED) is 0.387. The molecule has 2 aromatic carbocycles. The molecule has 3 aromatic rings. The van der Waals surface area contributed by atoms with Crippen molar-refractivity contribution in [2.24, 2.45) is 0 Å². The maximum Gasteiger partial charge on any atom is 0.417 e. The summed E-state index contributed by atoms with van der Waals surface area (Å²) in [4.78, 5) is 3.52.